The number of carbonyl (C=O) groups is 1. The standard InChI is InChI=1S/C22H26F3N3O4S/c1-15-7-8-19(32-3)20(13-15)33(30,31)26-16(2)21(29)28-11-9-27(10-12-28)18-6-4-5-17(14-18)22(23,24)25/h4-8,13-14,16,26H,9-12H2,1-3H3/t16-/m1/s1. The average Bonchev–Trinajstić information content (AvgIpc) is 2.78. The van der Waals surface area contributed by atoms with E-state index in [0.717, 1.165) is 17.7 Å². The lowest BCUT2D eigenvalue weighted by molar-refractivity contribution is -0.137. The lowest BCUT2D eigenvalue weighted by Crippen LogP contribution is -2.54. The van der Waals surface area contributed by atoms with Gasteiger partial charge < -0.3 is 14.5 Å². The van der Waals surface area contributed by atoms with E-state index in [1.165, 1.54) is 31.1 Å². The van der Waals surface area contributed by atoms with Crippen molar-refractivity contribution in [3.8, 4) is 5.75 Å². The lowest BCUT2D eigenvalue weighted by atomic mass is 10.1. The number of alkyl halides is 3. The Hall–Kier alpha value is -2.79. The molecule has 3 rings (SSSR count). The Morgan fingerprint density at radius 1 is 1.09 bits per heavy atom. The Labute approximate surface area is 191 Å². The van der Waals surface area contributed by atoms with Gasteiger partial charge in [0.25, 0.3) is 0 Å². The summed E-state index contributed by atoms with van der Waals surface area (Å²) in [6, 6.07) is 8.75. The molecule has 1 atom stereocenters. The number of ether oxygens (including phenoxy) is 1. The van der Waals surface area contributed by atoms with E-state index in [9.17, 15) is 26.4 Å². The highest BCUT2D eigenvalue weighted by molar-refractivity contribution is 7.89. The van der Waals surface area contributed by atoms with Gasteiger partial charge in [-0.2, -0.15) is 17.9 Å². The van der Waals surface area contributed by atoms with Crippen LogP contribution in [0.5, 0.6) is 5.75 Å². The van der Waals surface area contributed by atoms with Gasteiger partial charge in [-0.25, -0.2) is 8.42 Å². The van der Waals surface area contributed by atoms with Crippen molar-refractivity contribution in [2.75, 3.05) is 38.2 Å². The Morgan fingerprint density at radius 3 is 2.36 bits per heavy atom. The summed E-state index contributed by atoms with van der Waals surface area (Å²) in [7, 11) is -2.66. The van der Waals surface area contributed by atoms with Gasteiger partial charge in [0.2, 0.25) is 15.9 Å². The molecule has 0 spiro atoms. The molecule has 0 aromatic heterocycles. The molecule has 2 aromatic carbocycles. The predicted molar refractivity (Wildman–Crippen MR) is 118 cm³/mol. The Morgan fingerprint density at radius 2 is 1.76 bits per heavy atom. The number of benzene rings is 2. The fourth-order valence-corrected chi connectivity index (χ4v) is 5.13. The average molecular weight is 486 g/mol. The van der Waals surface area contributed by atoms with Crippen molar-refractivity contribution in [3.63, 3.8) is 0 Å². The van der Waals surface area contributed by atoms with E-state index in [0.29, 0.717) is 18.8 Å². The first-order chi connectivity index (χ1) is 15.4. The Bertz CT molecular complexity index is 1110. The fraction of sp³-hybridized carbons (Fsp3) is 0.409. The summed E-state index contributed by atoms with van der Waals surface area (Å²) in [6.45, 7) is 4.39. The SMILES string of the molecule is COc1ccc(C)cc1S(=O)(=O)N[C@H](C)C(=O)N1CCN(c2cccc(C(F)(F)F)c2)CC1. The molecule has 33 heavy (non-hydrogen) atoms. The highest BCUT2D eigenvalue weighted by atomic mass is 32.2. The van der Waals surface area contributed by atoms with Crippen LogP contribution in [0.3, 0.4) is 0 Å². The van der Waals surface area contributed by atoms with Crippen LogP contribution in [0.4, 0.5) is 18.9 Å². The van der Waals surface area contributed by atoms with E-state index >= 15 is 0 Å². The van der Waals surface area contributed by atoms with Gasteiger partial charge in [-0.15, -0.1) is 0 Å². The van der Waals surface area contributed by atoms with Gasteiger partial charge in [0, 0.05) is 31.9 Å². The van der Waals surface area contributed by atoms with Crippen LogP contribution in [0, 0.1) is 6.92 Å². The molecule has 1 saturated heterocycles. The number of hydrogen-bond donors (Lipinski definition) is 1. The number of methoxy groups -OCH3 is 1. The number of halogens is 3. The molecule has 0 unspecified atom stereocenters. The number of amides is 1. The third kappa shape index (κ3) is 5.77. The minimum atomic E-state index is -4.43. The number of piperazine rings is 1. The van der Waals surface area contributed by atoms with E-state index in [1.54, 1.807) is 30.0 Å². The first kappa shape index (κ1) is 24.8. The third-order valence-corrected chi connectivity index (χ3v) is 7.00. The smallest absolute Gasteiger partial charge is 0.416 e. The monoisotopic (exact) mass is 485 g/mol. The number of nitrogens with zero attached hydrogens (tertiary/aromatic N) is 2. The van der Waals surface area contributed by atoms with Crippen molar-refractivity contribution in [2.45, 2.75) is 31.0 Å². The molecule has 1 aliphatic heterocycles. The number of rotatable bonds is 6. The first-order valence-corrected chi connectivity index (χ1v) is 11.8. The van der Waals surface area contributed by atoms with Crippen molar-refractivity contribution in [3.05, 3.63) is 53.6 Å². The molecule has 1 N–H and O–H groups in total. The van der Waals surface area contributed by atoms with E-state index in [2.05, 4.69) is 4.72 Å². The van der Waals surface area contributed by atoms with Crippen LogP contribution in [-0.2, 0) is 21.0 Å². The van der Waals surface area contributed by atoms with Gasteiger partial charge >= 0.3 is 6.18 Å². The second-order valence-corrected chi connectivity index (χ2v) is 9.54. The van der Waals surface area contributed by atoms with Crippen LogP contribution >= 0.6 is 0 Å². The maximum absolute atomic E-state index is 13.0. The Kier molecular flexibility index (Phi) is 7.23. The quantitative estimate of drug-likeness (QED) is 0.681. The third-order valence-electron chi connectivity index (χ3n) is 5.44. The van der Waals surface area contributed by atoms with Crippen LogP contribution in [0.15, 0.2) is 47.4 Å². The first-order valence-electron chi connectivity index (χ1n) is 10.3. The van der Waals surface area contributed by atoms with Crippen LogP contribution in [0.2, 0.25) is 0 Å². The highest BCUT2D eigenvalue weighted by Gasteiger charge is 2.32. The zero-order valence-corrected chi connectivity index (χ0v) is 19.3. The largest absolute Gasteiger partial charge is 0.495 e. The molecule has 11 heteroatoms. The molecule has 0 bridgehead atoms. The molecule has 0 radical (unpaired) electrons. The molecule has 1 heterocycles. The van der Waals surface area contributed by atoms with Crippen molar-refractivity contribution < 1.29 is 31.1 Å². The van der Waals surface area contributed by atoms with E-state index in [1.807, 2.05) is 0 Å². The molecule has 180 valence electrons. The molecular formula is C22H26F3N3O4S. The molecular weight excluding hydrogens is 459 g/mol. The summed E-state index contributed by atoms with van der Waals surface area (Å²) in [5, 5.41) is 0. The maximum atomic E-state index is 13.0. The van der Waals surface area contributed by atoms with E-state index in [4.69, 9.17) is 4.74 Å². The van der Waals surface area contributed by atoms with E-state index < -0.39 is 33.7 Å². The van der Waals surface area contributed by atoms with Crippen molar-refractivity contribution in [1.29, 1.82) is 0 Å². The molecule has 1 amide bonds. The second kappa shape index (κ2) is 9.60. The minimum absolute atomic E-state index is 0.0565. The zero-order valence-electron chi connectivity index (χ0n) is 18.5. The molecule has 1 fully saturated rings. The van der Waals surface area contributed by atoms with Gasteiger partial charge in [-0.1, -0.05) is 12.1 Å². The van der Waals surface area contributed by atoms with Crippen molar-refractivity contribution in [1.82, 2.24) is 9.62 Å². The van der Waals surface area contributed by atoms with E-state index in [-0.39, 0.29) is 23.7 Å². The number of aryl methyl sites for hydroxylation is 1. The zero-order chi connectivity index (χ0) is 24.4. The van der Waals surface area contributed by atoms with Crippen LogP contribution in [-0.4, -0.2) is 58.6 Å². The maximum Gasteiger partial charge on any atom is 0.416 e. The second-order valence-electron chi connectivity index (χ2n) is 7.86. The van der Waals surface area contributed by atoms with Crippen molar-refractivity contribution in [2.24, 2.45) is 0 Å². The van der Waals surface area contributed by atoms with Gasteiger partial charge in [0.1, 0.15) is 10.6 Å². The number of sulfonamides is 1. The van der Waals surface area contributed by atoms with Crippen LogP contribution in [0.25, 0.3) is 0 Å². The van der Waals surface area contributed by atoms with Crippen LogP contribution < -0.4 is 14.4 Å². The minimum Gasteiger partial charge on any atom is -0.495 e. The summed E-state index contributed by atoms with van der Waals surface area (Å²) in [5.74, 6) is -0.240. The summed E-state index contributed by atoms with van der Waals surface area (Å²) in [6.07, 6.45) is -4.43. The van der Waals surface area contributed by atoms with Crippen LogP contribution in [0.1, 0.15) is 18.1 Å². The molecule has 0 saturated carbocycles. The van der Waals surface area contributed by atoms with Gasteiger partial charge in [-0.05, 0) is 49.7 Å². The summed E-state index contributed by atoms with van der Waals surface area (Å²) >= 11 is 0. The van der Waals surface area contributed by atoms with Crippen molar-refractivity contribution >= 4 is 21.6 Å². The molecule has 1 aliphatic rings. The summed E-state index contributed by atoms with van der Waals surface area (Å²) in [4.78, 5) is 16.1. The topological polar surface area (TPSA) is 78.9 Å². The fourth-order valence-electron chi connectivity index (χ4n) is 3.68. The molecule has 0 aliphatic carbocycles. The summed E-state index contributed by atoms with van der Waals surface area (Å²) in [5.41, 5.74) is 0.422. The number of hydrogen-bond acceptors (Lipinski definition) is 5. The Balaban J connectivity index is 1.65. The van der Waals surface area contributed by atoms with Gasteiger partial charge in [-0.3, -0.25) is 4.79 Å². The number of anilines is 1. The molecule has 7 nitrogen and oxygen atoms in total. The van der Waals surface area contributed by atoms with Gasteiger partial charge in [0.05, 0.1) is 18.7 Å². The molecule has 2 aromatic rings. The van der Waals surface area contributed by atoms with Gasteiger partial charge in [0.15, 0.2) is 0 Å². The number of carbonyl (C=O) groups excluding carboxylic acids is 1. The normalized spacial score (nSPS) is 15.9. The summed E-state index contributed by atoms with van der Waals surface area (Å²) < 4.78 is 72.2. The number of nitrogens with one attached hydrogen (secondary N) is 1. The highest BCUT2D eigenvalue weighted by Crippen LogP contribution is 2.32. The lowest BCUT2D eigenvalue weighted by Gasteiger charge is -2.37. The predicted octanol–water partition coefficient (Wildman–Crippen LogP) is 3.04.